The van der Waals surface area contributed by atoms with Crippen LogP contribution in [0.25, 0.3) is 0 Å². The Bertz CT molecular complexity index is 407. The van der Waals surface area contributed by atoms with Crippen LogP contribution in [-0.2, 0) is 9.53 Å². The summed E-state index contributed by atoms with van der Waals surface area (Å²) in [6.45, 7) is 2.37. The lowest BCUT2D eigenvalue weighted by atomic mass is 10.1. The quantitative estimate of drug-likeness (QED) is 0.647. The monoisotopic (exact) mass is 315 g/mol. The Labute approximate surface area is 116 Å². The molecule has 100 valence electrons. The standard InChI is InChI=1S/C13H18BrNO3/c1-9(15)11-8-10(14)5-6-12(11)18-7-3-4-13(16)17-2/h5-6,8-9H,3-4,7,15H2,1-2H3/t9-/m0/s1. The molecule has 1 atom stereocenters. The first kappa shape index (κ1) is 15.0. The fourth-order valence-electron chi connectivity index (χ4n) is 1.51. The summed E-state index contributed by atoms with van der Waals surface area (Å²) in [5, 5.41) is 0. The Balaban J connectivity index is 2.54. The van der Waals surface area contributed by atoms with Gasteiger partial charge in [-0.15, -0.1) is 0 Å². The van der Waals surface area contributed by atoms with Crippen molar-refractivity contribution < 1.29 is 14.3 Å². The Hall–Kier alpha value is -1.07. The number of hydrogen-bond donors (Lipinski definition) is 1. The first-order valence-corrected chi connectivity index (χ1v) is 6.58. The molecule has 0 fully saturated rings. The zero-order chi connectivity index (χ0) is 13.5. The molecule has 0 amide bonds. The van der Waals surface area contributed by atoms with Crippen LogP contribution in [0.4, 0.5) is 0 Å². The van der Waals surface area contributed by atoms with E-state index in [1.54, 1.807) is 0 Å². The number of nitrogens with two attached hydrogens (primary N) is 1. The Morgan fingerprint density at radius 1 is 1.50 bits per heavy atom. The minimum Gasteiger partial charge on any atom is -0.493 e. The van der Waals surface area contributed by atoms with E-state index in [0.717, 1.165) is 15.8 Å². The van der Waals surface area contributed by atoms with E-state index in [1.807, 2.05) is 25.1 Å². The van der Waals surface area contributed by atoms with E-state index in [0.29, 0.717) is 19.4 Å². The summed E-state index contributed by atoms with van der Waals surface area (Å²) in [4.78, 5) is 10.9. The fourth-order valence-corrected chi connectivity index (χ4v) is 1.89. The topological polar surface area (TPSA) is 61.5 Å². The lowest BCUT2D eigenvalue weighted by Gasteiger charge is -2.14. The molecule has 0 spiro atoms. The van der Waals surface area contributed by atoms with Gasteiger partial charge in [0.05, 0.1) is 13.7 Å². The van der Waals surface area contributed by atoms with Gasteiger partial charge in [0.2, 0.25) is 0 Å². The van der Waals surface area contributed by atoms with Gasteiger partial charge in [-0.1, -0.05) is 15.9 Å². The second-order valence-electron chi connectivity index (χ2n) is 4.00. The van der Waals surface area contributed by atoms with E-state index in [4.69, 9.17) is 10.5 Å². The molecule has 1 rings (SSSR count). The first-order valence-electron chi connectivity index (χ1n) is 5.79. The van der Waals surface area contributed by atoms with Gasteiger partial charge in [0.15, 0.2) is 0 Å². The lowest BCUT2D eigenvalue weighted by molar-refractivity contribution is -0.140. The van der Waals surface area contributed by atoms with Crippen LogP contribution in [0.5, 0.6) is 5.75 Å². The molecule has 0 saturated heterocycles. The second-order valence-corrected chi connectivity index (χ2v) is 4.91. The van der Waals surface area contributed by atoms with Crippen LogP contribution in [0, 0.1) is 0 Å². The van der Waals surface area contributed by atoms with Gasteiger partial charge < -0.3 is 15.2 Å². The van der Waals surface area contributed by atoms with Gasteiger partial charge in [0.1, 0.15) is 5.75 Å². The largest absolute Gasteiger partial charge is 0.493 e. The highest BCUT2D eigenvalue weighted by atomic mass is 79.9. The normalized spacial score (nSPS) is 12.0. The number of carbonyl (C=O) groups excluding carboxylic acids is 1. The number of rotatable bonds is 6. The summed E-state index contributed by atoms with van der Waals surface area (Å²) in [7, 11) is 1.38. The summed E-state index contributed by atoms with van der Waals surface area (Å²) in [6, 6.07) is 5.63. The number of halogens is 1. The van der Waals surface area contributed by atoms with Crippen LogP contribution >= 0.6 is 15.9 Å². The van der Waals surface area contributed by atoms with Crippen molar-refractivity contribution in [2.24, 2.45) is 5.73 Å². The van der Waals surface area contributed by atoms with Crippen molar-refractivity contribution in [3.63, 3.8) is 0 Å². The molecule has 0 aromatic heterocycles. The molecular formula is C13H18BrNO3. The molecule has 0 heterocycles. The van der Waals surface area contributed by atoms with E-state index >= 15 is 0 Å². The molecule has 0 unspecified atom stereocenters. The van der Waals surface area contributed by atoms with Crippen LogP contribution in [0.3, 0.4) is 0 Å². The third-order valence-corrected chi connectivity index (χ3v) is 2.97. The van der Waals surface area contributed by atoms with Crippen molar-refractivity contribution in [3.05, 3.63) is 28.2 Å². The molecule has 1 aromatic carbocycles. The SMILES string of the molecule is COC(=O)CCCOc1ccc(Br)cc1[C@H](C)N. The Morgan fingerprint density at radius 2 is 2.22 bits per heavy atom. The molecule has 1 aromatic rings. The van der Waals surface area contributed by atoms with Crippen molar-refractivity contribution in [2.75, 3.05) is 13.7 Å². The number of ether oxygens (including phenoxy) is 2. The van der Waals surface area contributed by atoms with E-state index in [9.17, 15) is 4.79 Å². The van der Waals surface area contributed by atoms with Crippen molar-refractivity contribution in [1.29, 1.82) is 0 Å². The van der Waals surface area contributed by atoms with Crippen LogP contribution < -0.4 is 10.5 Å². The third kappa shape index (κ3) is 4.66. The zero-order valence-corrected chi connectivity index (χ0v) is 12.2. The molecule has 0 aliphatic carbocycles. The van der Waals surface area contributed by atoms with Crippen LogP contribution in [0.2, 0.25) is 0 Å². The molecule has 0 aliphatic heterocycles. The number of esters is 1. The second kappa shape index (κ2) is 7.38. The lowest BCUT2D eigenvalue weighted by Crippen LogP contribution is -2.09. The van der Waals surface area contributed by atoms with Gasteiger partial charge >= 0.3 is 5.97 Å². The third-order valence-electron chi connectivity index (χ3n) is 2.47. The molecule has 18 heavy (non-hydrogen) atoms. The maximum atomic E-state index is 10.9. The molecule has 0 aliphatic rings. The van der Waals surface area contributed by atoms with E-state index in [-0.39, 0.29) is 12.0 Å². The van der Waals surface area contributed by atoms with Gasteiger partial charge in [-0.05, 0) is 31.5 Å². The molecule has 0 saturated carbocycles. The molecular weight excluding hydrogens is 298 g/mol. The summed E-state index contributed by atoms with van der Waals surface area (Å²) < 4.78 is 11.2. The average molecular weight is 316 g/mol. The van der Waals surface area contributed by atoms with E-state index in [1.165, 1.54) is 7.11 Å². The minimum atomic E-state index is -0.221. The highest BCUT2D eigenvalue weighted by Crippen LogP contribution is 2.27. The van der Waals surface area contributed by atoms with Gasteiger partial charge in [0.25, 0.3) is 0 Å². The van der Waals surface area contributed by atoms with E-state index < -0.39 is 0 Å². The number of carbonyl (C=O) groups is 1. The smallest absolute Gasteiger partial charge is 0.305 e. The summed E-state index contributed by atoms with van der Waals surface area (Å²) >= 11 is 3.40. The zero-order valence-electron chi connectivity index (χ0n) is 10.6. The maximum Gasteiger partial charge on any atom is 0.305 e. The summed E-state index contributed by atoms with van der Waals surface area (Å²) in [5.74, 6) is 0.542. The van der Waals surface area contributed by atoms with Gasteiger partial charge in [-0.25, -0.2) is 0 Å². The van der Waals surface area contributed by atoms with Crippen LogP contribution in [0.15, 0.2) is 22.7 Å². The molecule has 0 bridgehead atoms. The molecule has 0 radical (unpaired) electrons. The van der Waals surface area contributed by atoms with Gasteiger partial charge in [-0.3, -0.25) is 4.79 Å². The Morgan fingerprint density at radius 3 is 2.83 bits per heavy atom. The highest BCUT2D eigenvalue weighted by molar-refractivity contribution is 9.10. The van der Waals surface area contributed by atoms with Crippen molar-refractivity contribution in [1.82, 2.24) is 0 Å². The fraction of sp³-hybridized carbons (Fsp3) is 0.462. The first-order chi connectivity index (χ1) is 8.54. The van der Waals surface area contributed by atoms with Crippen LogP contribution in [0.1, 0.15) is 31.4 Å². The molecule has 2 N–H and O–H groups in total. The number of benzene rings is 1. The van der Waals surface area contributed by atoms with Crippen molar-refractivity contribution in [3.8, 4) is 5.75 Å². The molecule has 4 nitrogen and oxygen atoms in total. The average Bonchev–Trinajstić information content (AvgIpc) is 2.35. The summed E-state index contributed by atoms with van der Waals surface area (Å²) in [5.41, 5.74) is 6.83. The van der Waals surface area contributed by atoms with Crippen LogP contribution in [-0.4, -0.2) is 19.7 Å². The summed E-state index contributed by atoms with van der Waals surface area (Å²) in [6.07, 6.45) is 0.988. The number of methoxy groups -OCH3 is 1. The highest BCUT2D eigenvalue weighted by Gasteiger charge is 2.09. The predicted octanol–water partition coefficient (Wildman–Crippen LogP) is 2.80. The van der Waals surface area contributed by atoms with Gasteiger partial charge in [-0.2, -0.15) is 0 Å². The number of hydrogen-bond acceptors (Lipinski definition) is 4. The van der Waals surface area contributed by atoms with Gasteiger partial charge in [0, 0.05) is 22.5 Å². The van der Waals surface area contributed by atoms with E-state index in [2.05, 4.69) is 20.7 Å². The Kier molecular flexibility index (Phi) is 6.15. The van der Waals surface area contributed by atoms with Crippen molar-refractivity contribution >= 4 is 21.9 Å². The van der Waals surface area contributed by atoms with Crippen molar-refractivity contribution in [2.45, 2.75) is 25.8 Å². The minimum absolute atomic E-state index is 0.0990. The predicted molar refractivity (Wildman–Crippen MR) is 73.5 cm³/mol. The molecule has 5 heteroatoms. The maximum absolute atomic E-state index is 10.9.